The zero-order chi connectivity index (χ0) is 15.9. The molecule has 5 nitrogen and oxygen atoms in total. The Labute approximate surface area is 129 Å². The Bertz CT molecular complexity index is 668. The molecule has 1 N–H and O–H groups in total. The lowest BCUT2D eigenvalue weighted by molar-refractivity contribution is -0.142. The van der Waals surface area contributed by atoms with Crippen molar-refractivity contribution in [2.24, 2.45) is 0 Å². The van der Waals surface area contributed by atoms with Crippen LogP contribution in [0.2, 0.25) is 0 Å². The number of aryl methyl sites for hydroxylation is 1. The fraction of sp³-hybridized carbons (Fsp3) is 0.471. The number of carbonyl (C=O) groups excluding carboxylic acids is 3. The first-order chi connectivity index (χ1) is 10.5. The second-order valence-electron chi connectivity index (χ2n) is 6.24. The van der Waals surface area contributed by atoms with Crippen LogP contribution < -0.4 is 5.32 Å². The molecule has 5 heteroatoms. The summed E-state index contributed by atoms with van der Waals surface area (Å²) < 4.78 is 0. The number of imide groups is 1. The molecule has 1 saturated heterocycles. The van der Waals surface area contributed by atoms with Crippen molar-refractivity contribution in [2.75, 3.05) is 0 Å². The van der Waals surface area contributed by atoms with Crippen LogP contribution >= 0.6 is 0 Å². The van der Waals surface area contributed by atoms with Crippen molar-refractivity contribution in [1.82, 2.24) is 10.2 Å². The van der Waals surface area contributed by atoms with Gasteiger partial charge < -0.3 is 4.90 Å². The Morgan fingerprint density at radius 3 is 2.73 bits per heavy atom. The van der Waals surface area contributed by atoms with Gasteiger partial charge in [-0.2, -0.15) is 0 Å². The predicted octanol–water partition coefficient (Wildman–Crippen LogP) is 1.79. The van der Waals surface area contributed by atoms with E-state index in [4.69, 9.17) is 0 Å². The average Bonchev–Trinajstić information content (AvgIpc) is 2.83. The van der Waals surface area contributed by atoms with Crippen LogP contribution in [0.15, 0.2) is 18.2 Å². The lowest BCUT2D eigenvalue weighted by Crippen LogP contribution is -2.61. The fourth-order valence-electron chi connectivity index (χ4n) is 3.36. The second kappa shape index (κ2) is 5.23. The summed E-state index contributed by atoms with van der Waals surface area (Å²) in [7, 11) is 0. The number of hydrogen-bond acceptors (Lipinski definition) is 3. The van der Waals surface area contributed by atoms with Crippen molar-refractivity contribution >= 4 is 17.7 Å². The van der Waals surface area contributed by atoms with Crippen molar-refractivity contribution in [3.63, 3.8) is 0 Å². The summed E-state index contributed by atoms with van der Waals surface area (Å²) in [6.45, 7) is 4.26. The van der Waals surface area contributed by atoms with Gasteiger partial charge in [-0.1, -0.05) is 31.5 Å². The highest BCUT2D eigenvalue weighted by atomic mass is 16.2. The zero-order valence-corrected chi connectivity index (χ0v) is 12.9. The van der Waals surface area contributed by atoms with E-state index in [-0.39, 0.29) is 24.1 Å². The van der Waals surface area contributed by atoms with E-state index in [2.05, 4.69) is 12.2 Å². The maximum Gasteiger partial charge on any atom is 0.255 e. The fourth-order valence-corrected chi connectivity index (χ4v) is 3.36. The molecule has 1 aromatic rings. The second-order valence-corrected chi connectivity index (χ2v) is 6.24. The Kier molecular flexibility index (Phi) is 3.51. The van der Waals surface area contributed by atoms with E-state index in [1.54, 1.807) is 11.8 Å². The summed E-state index contributed by atoms with van der Waals surface area (Å²) in [6.07, 6.45) is 2.46. The minimum absolute atomic E-state index is 0.0916. The molecule has 0 bridgehead atoms. The minimum Gasteiger partial charge on any atom is -0.320 e. The van der Waals surface area contributed by atoms with Gasteiger partial charge in [0.05, 0.1) is 0 Å². The van der Waals surface area contributed by atoms with Gasteiger partial charge in [-0.25, -0.2) is 0 Å². The van der Waals surface area contributed by atoms with E-state index in [9.17, 15) is 14.4 Å². The van der Waals surface area contributed by atoms with Gasteiger partial charge in [-0.3, -0.25) is 19.7 Å². The lowest BCUT2D eigenvalue weighted by Gasteiger charge is -2.39. The van der Waals surface area contributed by atoms with Crippen LogP contribution in [-0.2, 0) is 22.6 Å². The number of carbonyl (C=O) groups is 3. The highest BCUT2D eigenvalue weighted by molar-refractivity contribution is 6.07. The quantitative estimate of drug-likeness (QED) is 0.865. The standard InChI is InChI=1S/C17H20N2O3/c1-3-5-11-6-4-7-12-10-19(15(21)14(11)12)17(2)9-8-13(20)18-16(17)22/h4,6-7H,3,5,8-10H2,1-2H3,(H,18,20,22)/t17-/m1/s1. The normalized spacial score (nSPS) is 24.5. The van der Waals surface area contributed by atoms with E-state index >= 15 is 0 Å². The minimum atomic E-state index is -0.951. The number of hydrogen-bond donors (Lipinski definition) is 1. The monoisotopic (exact) mass is 300 g/mol. The number of amides is 3. The molecule has 0 spiro atoms. The molecule has 2 aliphatic heterocycles. The number of fused-ring (bicyclic) bond motifs is 1. The summed E-state index contributed by atoms with van der Waals surface area (Å²) in [5, 5.41) is 2.36. The Morgan fingerprint density at radius 1 is 1.27 bits per heavy atom. The van der Waals surface area contributed by atoms with Crippen LogP contribution in [-0.4, -0.2) is 28.2 Å². The van der Waals surface area contributed by atoms with Gasteiger partial charge in [-0.05, 0) is 30.9 Å². The van der Waals surface area contributed by atoms with Crippen LogP contribution in [0, 0.1) is 0 Å². The van der Waals surface area contributed by atoms with E-state index in [1.165, 1.54) is 0 Å². The smallest absolute Gasteiger partial charge is 0.255 e. The molecule has 0 saturated carbocycles. The van der Waals surface area contributed by atoms with E-state index < -0.39 is 5.54 Å². The maximum atomic E-state index is 12.9. The highest BCUT2D eigenvalue weighted by Crippen LogP contribution is 2.35. The van der Waals surface area contributed by atoms with E-state index in [1.807, 2.05) is 18.2 Å². The number of nitrogens with zero attached hydrogens (tertiary/aromatic N) is 1. The van der Waals surface area contributed by atoms with Gasteiger partial charge in [0.1, 0.15) is 5.54 Å². The molecule has 0 aliphatic carbocycles. The molecule has 1 atom stereocenters. The van der Waals surface area contributed by atoms with Crippen molar-refractivity contribution in [2.45, 2.75) is 51.6 Å². The topological polar surface area (TPSA) is 66.5 Å². The first kappa shape index (κ1) is 14.8. The molecule has 3 rings (SSSR count). The van der Waals surface area contributed by atoms with Gasteiger partial charge >= 0.3 is 0 Å². The molecule has 1 fully saturated rings. The zero-order valence-electron chi connectivity index (χ0n) is 12.9. The molecule has 2 heterocycles. The summed E-state index contributed by atoms with van der Waals surface area (Å²) in [4.78, 5) is 38.2. The first-order valence-electron chi connectivity index (χ1n) is 7.74. The Hall–Kier alpha value is -2.17. The third-order valence-corrected chi connectivity index (χ3v) is 4.72. The largest absolute Gasteiger partial charge is 0.320 e. The van der Waals surface area contributed by atoms with Crippen molar-refractivity contribution in [1.29, 1.82) is 0 Å². The third-order valence-electron chi connectivity index (χ3n) is 4.72. The number of nitrogens with one attached hydrogen (secondary N) is 1. The van der Waals surface area contributed by atoms with Crippen LogP contribution in [0.1, 0.15) is 54.6 Å². The molecule has 0 unspecified atom stereocenters. The number of benzene rings is 1. The molecule has 0 aromatic heterocycles. The molecule has 22 heavy (non-hydrogen) atoms. The van der Waals surface area contributed by atoms with Gasteiger partial charge in [-0.15, -0.1) is 0 Å². The van der Waals surface area contributed by atoms with E-state index in [0.717, 1.165) is 29.5 Å². The Balaban J connectivity index is 1.96. The summed E-state index contributed by atoms with van der Waals surface area (Å²) in [6, 6.07) is 5.89. The summed E-state index contributed by atoms with van der Waals surface area (Å²) >= 11 is 0. The van der Waals surface area contributed by atoms with Crippen molar-refractivity contribution in [3.8, 4) is 0 Å². The summed E-state index contributed by atoms with van der Waals surface area (Å²) in [5.41, 5.74) is 1.81. The average molecular weight is 300 g/mol. The molecule has 116 valence electrons. The van der Waals surface area contributed by atoms with Crippen LogP contribution in [0.25, 0.3) is 0 Å². The maximum absolute atomic E-state index is 12.9. The number of piperidine rings is 1. The van der Waals surface area contributed by atoms with Crippen molar-refractivity contribution in [3.05, 3.63) is 34.9 Å². The molecule has 0 radical (unpaired) electrons. The highest BCUT2D eigenvalue weighted by Gasteiger charge is 2.48. The number of rotatable bonds is 3. The predicted molar refractivity (Wildman–Crippen MR) is 81.1 cm³/mol. The van der Waals surface area contributed by atoms with Crippen LogP contribution in [0.5, 0.6) is 0 Å². The SMILES string of the molecule is CCCc1cccc2c1C(=O)N([C@]1(C)CCC(=O)NC1=O)C2. The lowest BCUT2D eigenvalue weighted by atomic mass is 9.89. The van der Waals surface area contributed by atoms with E-state index in [0.29, 0.717) is 13.0 Å². The Morgan fingerprint density at radius 2 is 2.05 bits per heavy atom. The van der Waals surface area contributed by atoms with Crippen LogP contribution in [0.3, 0.4) is 0 Å². The van der Waals surface area contributed by atoms with Crippen LogP contribution in [0.4, 0.5) is 0 Å². The molecule has 2 aliphatic rings. The van der Waals surface area contributed by atoms with Gasteiger partial charge in [0, 0.05) is 18.5 Å². The van der Waals surface area contributed by atoms with Gasteiger partial charge in [0.2, 0.25) is 5.91 Å². The molecule has 3 amide bonds. The molecular weight excluding hydrogens is 280 g/mol. The third kappa shape index (κ3) is 2.12. The molecular formula is C17H20N2O3. The van der Waals surface area contributed by atoms with Gasteiger partial charge in [0.15, 0.2) is 0 Å². The van der Waals surface area contributed by atoms with Crippen molar-refractivity contribution < 1.29 is 14.4 Å². The first-order valence-corrected chi connectivity index (χ1v) is 7.74. The van der Waals surface area contributed by atoms with Gasteiger partial charge in [0.25, 0.3) is 11.8 Å². The molecule has 1 aromatic carbocycles. The summed E-state index contributed by atoms with van der Waals surface area (Å²) in [5.74, 6) is -0.730.